The van der Waals surface area contributed by atoms with E-state index in [1.807, 2.05) is 25.5 Å². The topological polar surface area (TPSA) is 123 Å². The van der Waals surface area contributed by atoms with Crippen LogP contribution in [0.4, 0.5) is 16.2 Å². The van der Waals surface area contributed by atoms with E-state index in [0.29, 0.717) is 30.8 Å². The van der Waals surface area contributed by atoms with Crippen molar-refractivity contribution in [3.63, 3.8) is 0 Å². The van der Waals surface area contributed by atoms with Gasteiger partial charge in [0.25, 0.3) is 5.69 Å². The number of likely N-dealkylation sites (tertiary alicyclic amines) is 1. The van der Waals surface area contributed by atoms with Gasteiger partial charge in [-0.1, -0.05) is 20.8 Å². The van der Waals surface area contributed by atoms with Gasteiger partial charge < -0.3 is 20.1 Å². The average molecular weight is 460 g/mol. The number of nitro benzene ring substituents is 1. The molecule has 2 saturated heterocycles. The van der Waals surface area contributed by atoms with Crippen molar-refractivity contribution >= 4 is 28.4 Å². The van der Waals surface area contributed by atoms with E-state index in [-0.39, 0.29) is 34.2 Å². The van der Waals surface area contributed by atoms with E-state index < -0.39 is 6.09 Å². The number of carboxylic acid groups (broad SMARTS) is 1. The Balaban J connectivity index is 1.78. The van der Waals surface area contributed by atoms with Crippen molar-refractivity contribution in [2.75, 3.05) is 25.1 Å². The number of rotatable bonds is 4. The number of amides is 1. The number of fused-ring (bicyclic) bond motifs is 1. The van der Waals surface area contributed by atoms with E-state index in [1.165, 1.54) is 11.0 Å². The van der Waals surface area contributed by atoms with Crippen molar-refractivity contribution in [1.29, 1.82) is 0 Å². The molecule has 2 N–H and O–H groups in total. The molecule has 4 rings (SSSR count). The molecule has 0 saturated carbocycles. The van der Waals surface area contributed by atoms with Crippen LogP contribution in [0.1, 0.15) is 58.9 Å². The third kappa shape index (κ3) is 4.62. The summed E-state index contributed by atoms with van der Waals surface area (Å²) in [7, 11) is 0. The first-order valence-electron chi connectivity index (χ1n) is 11.7. The van der Waals surface area contributed by atoms with Crippen LogP contribution in [0.5, 0.6) is 0 Å². The summed E-state index contributed by atoms with van der Waals surface area (Å²) in [4.78, 5) is 25.2. The highest BCUT2D eigenvalue weighted by Gasteiger charge is 2.41. The predicted octanol–water partition coefficient (Wildman–Crippen LogP) is 4.66. The first-order chi connectivity index (χ1) is 15.7. The highest BCUT2D eigenvalue weighted by Crippen LogP contribution is 2.39. The molecule has 1 unspecified atom stereocenters. The molecule has 2 atom stereocenters. The van der Waals surface area contributed by atoms with Crippen LogP contribution in [0.15, 0.2) is 18.3 Å². The van der Waals surface area contributed by atoms with Gasteiger partial charge in [-0.2, -0.15) is 5.10 Å². The van der Waals surface area contributed by atoms with Crippen LogP contribution >= 0.6 is 0 Å². The van der Waals surface area contributed by atoms with Gasteiger partial charge in [-0.3, -0.25) is 14.8 Å². The maximum atomic E-state index is 12.1. The third-order valence-electron chi connectivity index (χ3n) is 6.84. The average Bonchev–Trinajstić information content (AvgIpc) is 3.07. The Kier molecular flexibility index (Phi) is 6.47. The Morgan fingerprint density at radius 2 is 1.97 bits per heavy atom. The molecule has 180 valence electrons. The predicted molar refractivity (Wildman–Crippen MR) is 125 cm³/mol. The summed E-state index contributed by atoms with van der Waals surface area (Å²) in [6, 6.07) is 2.88. The molecule has 1 aromatic carbocycles. The van der Waals surface area contributed by atoms with E-state index in [4.69, 9.17) is 4.74 Å². The highest BCUT2D eigenvalue weighted by atomic mass is 16.6. The highest BCUT2D eigenvalue weighted by molar-refractivity contribution is 5.96. The Morgan fingerprint density at radius 3 is 2.61 bits per heavy atom. The summed E-state index contributed by atoms with van der Waals surface area (Å²) in [5.41, 5.74) is 0.885. The third-order valence-corrected chi connectivity index (χ3v) is 6.84. The monoisotopic (exact) mass is 459 g/mol. The number of anilines is 1. The number of ether oxygens (including phenoxy) is 1. The second kappa shape index (κ2) is 9.17. The van der Waals surface area contributed by atoms with Gasteiger partial charge in [0, 0.05) is 31.9 Å². The van der Waals surface area contributed by atoms with Crippen LogP contribution in [-0.4, -0.2) is 62.6 Å². The van der Waals surface area contributed by atoms with Crippen LogP contribution in [0.3, 0.4) is 0 Å². The van der Waals surface area contributed by atoms with Crippen LogP contribution in [0.2, 0.25) is 0 Å². The van der Waals surface area contributed by atoms with Gasteiger partial charge in [0.05, 0.1) is 34.1 Å². The summed E-state index contributed by atoms with van der Waals surface area (Å²) in [6.07, 6.45) is 4.77. The van der Waals surface area contributed by atoms with Gasteiger partial charge in [-0.15, -0.1) is 0 Å². The fourth-order valence-electron chi connectivity index (χ4n) is 5.42. The van der Waals surface area contributed by atoms with Crippen LogP contribution in [-0.2, 0) is 4.74 Å². The lowest BCUT2D eigenvalue weighted by atomic mass is 9.80. The maximum Gasteiger partial charge on any atom is 0.407 e. The molecular formula is C23H33N5O5. The molecule has 0 bridgehead atoms. The van der Waals surface area contributed by atoms with E-state index in [0.717, 1.165) is 37.6 Å². The fourth-order valence-corrected chi connectivity index (χ4v) is 5.42. The minimum Gasteiger partial charge on any atom is -0.465 e. The molecule has 1 aromatic heterocycles. The number of hydrogen-bond donors (Lipinski definition) is 2. The van der Waals surface area contributed by atoms with Crippen molar-refractivity contribution in [3.8, 4) is 0 Å². The summed E-state index contributed by atoms with van der Waals surface area (Å²) >= 11 is 0. The van der Waals surface area contributed by atoms with Gasteiger partial charge in [-0.25, -0.2) is 4.79 Å². The zero-order chi connectivity index (χ0) is 23.8. The van der Waals surface area contributed by atoms with Crippen LogP contribution in [0.25, 0.3) is 10.9 Å². The number of carbonyl (C=O) groups is 1. The molecule has 1 amide bonds. The number of nitrogens with zero attached hydrogens (tertiary/aromatic N) is 4. The molecule has 0 spiro atoms. The number of nitro groups is 1. The zero-order valence-corrected chi connectivity index (χ0v) is 19.5. The van der Waals surface area contributed by atoms with E-state index >= 15 is 0 Å². The molecule has 2 aromatic rings. The number of hydrogen-bond acceptors (Lipinski definition) is 6. The normalized spacial score (nSPS) is 22.8. The van der Waals surface area contributed by atoms with Crippen molar-refractivity contribution in [2.24, 2.45) is 5.41 Å². The quantitative estimate of drug-likeness (QED) is 0.504. The Morgan fingerprint density at radius 1 is 1.24 bits per heavy atom. The second-order valence-corrected chi connectivity index (χ2v) is 10.1. The summed E-state index contributed by atoms with van der Waals surface area (Å²) in [5.74, 6) is 0. The molecule has 2 aliphatic heterocycles. The largest absolute Gasteiger partial charge is 0.465 e. The lowest BCUT2D eigenvalue weighted by molar-refractivity contribution is -0.383. The molecule has 2 fully saturated rings. The van der Waals surface area contributed by atoms with Crippen LogP contribution in [0, 0.1) is 15.5 Å². The van der Waals surface area contributed by atoms with Gasteiger partial charge in [0.1, 0.15) is 5.69 Å². The summed E-state index contributed by atoms with van der Waals surface area (Å²) < 4.78 is 7.42. The zero-order valence-electron chi connectivity index (χ0n) is 19.5. The molecule has 33 heavy (non-hydrogen) atoms. The van der Waals surface area contributed by atoms with Gasteiger partial charge >= 0.3 is 6.09 Å². The Hall–Kier alpha value is -2.88. The Bertz CT molecular complexity index is 1020. The standard InChI is InChI=1S/C23H33N5O5/c1-23(2,3)21-17(6-4-5-11-26(21)22(29)30)25-20-16-14-24-27(15-9-12-33-13-10-15)18(16)7-8-19(20)28(31)32/h7-8,14-15,17,21,25H,4-6,9-13H2,1-3H3,(H,29,30)/t17?,21-/m0/s1. The van der Waals surface area contributed by atoms with Gasteiger partial charge in [0.2, 0.25) is 0 Å². The lowest BCUT2D eigenvalue weighted by Crippen LogP contribution is -2.54. The molecule has 3 heterocycles. The molecular weight excluding hydrogens is 426 g/mol. The first kappa shape index (κ1) is 23.3. The molecule has 0 radical (unpaired) electrons. The van der Waals surface area contributed by atoms with Crippen molar-refractivity contribution in [3.05, 3.63) is 28.4 Å². The van der Waals surface area contributed by atoms with Crippen LogP contribution < -0.4 is 5.32 Å². The SMILES string of the molecule is CC(C)(C)[C@@H]1C(Nc2c([N+](=O)[O-])ccc3c2cnn3C2CCOCC2)CCCCN1C(=O)O. The van der Waals surface area contributed by atoms with Crippen molar-refractivity contribution in [1.82, 2.24) is 14.7 Å². The first-order valence-corrected chi connectivity index (χ1v) is 11.7. The summed E-state index contributed by atoms with van der Waals surface area (Å²) in [5, 5.41) is 30.6. The summed E-state index contributed by atoms with van der Waals surface area (Å²) in [6.45, 7) is 7.86. The van der Waals surface area contributed by atoms with Gasteiger partial charge in [0.15, 0.2) is 0 Å². The van der Waals surface area contributed by atoms with Crippen molar-refractivity contribution in [2.45, 2.75) is 71.0 Å². The number of benzene rings is 1. The minimum atomic E-state index is -0.955. The molecule has 2 aliphatic rings. The lowest BCUT2D eigenvalue weighted by Gasteiger charge is -2.42. The van der Waals surface area contributed by atoms with E-state index in [2.05, 4.69) is 10.4 Å². The molecule has 10 nitrogen and oxygen atoms in total. The number of nitrogens with one attached hydrogen (secondary N) is 1. The minimum absolute atomic E-state index is 0.0205. The molecule has 10 heteroatoms. The number of aromatic nitrogens is 2. The van der Waals surface area contributed by atoms with Crippen molar-refractivity contribution < 1.29 is 19.6 Å². The van der Waals surface area contributed by atoms with E-state index in [1.54, 1.807) is 12.3 Å². The maximum absolute atomic E-state index is 12.1. The Labute approximate surface area is 193 Å². The smallest absolute Gasteiger partial charge is 0.407 e. The second-order valence-electron chi connectivity index (χ2n) is 10.1. The fraction of sp³-hybridized carbons (Fsp3) is 0.652. The molecule has 0 aliphatic carbocycles. The van der Waals surface area contributed by atoms with E-state index in [9.17, 15) is 20.0 Å². The van der Waals surface area contributed by atoms with Gasteiger partial charge in [-0.05, 0) is 43.6 Å².